The summed E-state index contributed by atoms with van der Waals surface area (Å²) in [6, 6.07) is 2.71. The highest BCUT2D eigenvalue weighted by Crippen LogP contribution is 2.32. The van der Waals surface area contributed by atoms with E-state index in [0.29, 0.717) is 22.4 Å². The molecule has 3 heterocycles. The average molecular weight is 377 g/mol. The molecule has 1 atom stereocenters. The third-order valence-electron chi connectivity index (χ3n) is 4.42. The van der Waals surface area contributed by atoms with Crippen LogP contribution in [-0.2, 0) is 6.54 Å². The van der Waals surface area contributed by atoms with Gasteiger partial charge in [0.05, 0.1) is 17.9 Å². The van der Waals surface area contributed by atoms with Crippen LogP contribution in [0, 0.1) is 6.92 Å². The van der Waals surface area contributed by atoms with Crippen molar-refractivity contribution in [2.75, 3.05) is 6.61 Å². The topological polar surface area (TPSA) is 92.6 Å². The molecule has 1 unspecified atom stereocenters. The number of halogens is 2. The van der Waals surface area contributed by atoms with Crippen molar-refractivity contribution in [3.05, 3.63) is 52.6 Å². The first-order chi connectivity index (χ1) is 12.8. The largest absolute Gasteiger partial charge is 0.486 e. The predicted molar refractivity (Wildman–Crippen MR) is 90.0 cm³/mol. The van der Waals surface area contributed by atoms with Gasteiger partial charge in [-0.05, 0) is 31.5 Å². The number of fused-ring (bicyclic) bond motifs is 1. The van der Waals surface area contributed by atoms with Gasteiger partial charge in [0, 0.05) is 23.9 Å². The molecule has 27 heavy (non-hydrogen) atoms. The second-order valence-electron chi connectivity index (χ2n) is 6.18. The number of alkyl halides is 2. The van der Waals surface area contributed by atoms with Crippen molar-refractivity contribution in [3.63, 3.8) is 0 Å². The van der Waals surface area contributed by atoms with Crippen LogP contribution < -0.4 is 4.74 Å². The number of pyridine rings is 2. The number of rotatable bonds is 6. The summed E-state index contributed by atoms with van der Waals surface area (Å²) in [5.41, 5.74) is 1.70. The average Bonchev–Trinajstić information content (AvgIpc) is 2.96. The van der Waals surface area contributed by atoms with Crippen LogP contribution in [0.3, 0.4) is 0 Å². The Labute approximate surface area is 153 Å². The summed E-state index contributed by atoms with van der Waals surface area (Å²) in [5, 5.41) is 9.26. The van der Waals surface area contributed by atoms with Crippen LogP contribution >= 0.6 is 0 Å². The zero-order valence-electron chi connectivity index (χ0n) is 14.6. The molecule has 1 N–H and O–H groups in total. The van der Waals surface area contributed by atoms with Gasteiger partial charge < -0.3 is 14.7 Å². The number of carboxylic acids is 1. The van der Waals surface area contributed by atoms with Crippen LogP contribution in [0.15, 0.2) is 24.5 Å². The van der Waals surface area contributed by atoms with Crippen molar-refractivity contribution in [2.45, 2.75) is 32.9 Å². The van der Waals surface area contributed by atoms with Crippen LogP contribution in [0.2, 0.25) is 0 Å². The Morgan fingerprint density at radius 1 is 1.41 bits per heavy atom. The van der Waals surface area contributed by atoms with Gasteiger partial charge in [-0.2, -0.15) is 0 Å². The van der Waals surface area contributed by atoms with E-state index in [2.05, 4.69) is 9.97 Å². The molecular weight excluding hydrogens is 360 g/mol. The number of carbonyl (C=O) groups excluding carboxylic acids is 1. The van der Waals surface area contributed by atoms with Crippen LogP contribution in [0.25, 0.3) is 0 Å². The van der Waals surface area contributed by atoms with Gasteiger partial charge in [-0.3, -0.25) is 9.78 Å². The quantitative estimate of drug-likeness (QED) is 0.832. The summed E-state index contributed by atoms with van der Waals surface area (Å²) >= 11 is 0. The van der Waals surface area contributed by atoms with E-state index in [4.69, 9.17) is 4.74 Å². The van der Waals surface area contributed by atoms with E-state index < -0.39 is 25.0 Å². The maximum absolute atomic E-state index is 12.7. The number of aromatic carboxylic acids is 1. The first kappa shape index (κ1) is 18.7. The molecule has 1 amide bonds. The third-order valence-corrected chi connectivity index (χ3v) is 4.42. The Morgan fingerprint density at radius 3 is 2.78 bits per heavy atom. The van der Waals surface area contributed by atoms with Crippen LogP contribution in [0.4, 0.5) is 8.78 Å². The fraction of sp³-hybridized carbons (Fsp3) is 0.333. The van der Waals surface area contributed by atoms with Crippen molar-refractivity contribution in [3.8, 4) is 5.75 Å². The highest BCUT2D eigenvalue weighted by Gasteiger charge is 2.35. The second kappa shape index (κ2) is 7.26. The molecule has 1 aliphatic heterocycles. The lowest BCUT2D eigenvalue weighted by molar-refractivity contribution is 0.0677. The molecule has 9 heteroatoms. The van der Waals surface area contributed by atoms with Crippen molar-refractivity contribution in [1.82, 2.24) is 14.9 Å². The van der Waals surface area contributed by atoms with Crippen molar-refractivity contribution in [1.29, 1.82) is 0 Å². The highest BCUT2D eigenvalue weighted by molar-refractivity contribution is 6.01. The molecule has 0 spiro atoms. The van der Waals surface area contributed by atoms with Gasteiger partial charge in [0.1, 0.15) is 12.4 Å². The molecule has 0 bridgehead atoms. The lowest BCUT2D eigenvalue weighted by Gasteiger charge is -2.24. The first-order valence-corrected chi connectivity index (χ1v) is 8.19. The molecule has 1 aliphatic rings. The summed E-state index contributed by atoms with van der Waals surface area (Å²) < 4.78 is 29.6. The van der Waals surface area contributed by atoms with Crippen molar-refractivity contribution >= 4 is 11.9 Å². The molecule has 3 rings (SSSR count). The molecule has 0 aliphatic carbocycles. The van der Waals surface area contributed by atoms with Crippen molar-refractivity contribution < 1.29 is 28.2 Å². The minimum Gasteiger partial charge on any atom is -0.486 e. The Balaban J connectivity index is 1.84. The minimum absolute atomic E-state index is 0.106. The standard InChI is InChI=1S/C18H17F2N3O4/c1-9-5-13(22-6-14(9)27-8-15(19)20)10(2)23-7-12-11(17(23)24)3-4-21-16(12)18(25)26/h3-6,10,15H,7-8H2,1-2H3,(H,25,26). The van der Waals surface area contributed by atoms with E-state index >= 15 is 0 Å². The van der Waals surface area contributed by atoms with Gasteiger partial charge in [0.15, 0.2) is 5.69 Å². The maximum Gasteiger partial charge on any atom is 0.354 e. The summed E-state index contributed by atoms with van der Waals surface area (Å²) in [5.74, 6) is -1.25. The zero-order chi connectivity index (χ0) is 19.7. The van der Waals surface area contributed by atoms with E-state index in [-0.39, 0.29) is 23.9 Å². The van der Waals surface area contributed by atoms with Crippen LogP contribution in [-0.4, -0.2) is 44.9 Å². The Morgan fingerprint density at radius 2 is 2.15 bits per heavy atom. The number of aromatic nitrogens is 2. The lowest BCUT2D eigenvalue weighted by atomic mass is 10.1. The first-order valence-electron chi connectivity index (χ1n) is 8.19. The van der Waals surface area contributed by atoms with Gasteiger partial charge in [-0.15, -0.1) is 0 Å². The molecule has 0 fully saturated rings. The van der Waals surface area contributed by atoms with E-state index in [1.165, 1.54) is 23.4 Å². The highest BCUT2D eigenvalue weighted by atomic mass is 19.3. The molecule has 2 aromatic heterocycles. The molecule has 7 nitrogen and oxygen atoms in total. The summed E-state index contributed by atoms with van der Waals surface area (Å²) in [7, 11) is 0. The van der Waals surface area contributed by atoms with Gasteiger partial charge >= 0.3 is 5.97 Å². The molecular formula is C18H17F2N3O4. The summed E-state index contributed by atoms with van der Waals surface area (Å²) in [4.78, 5) is 33.6. The van der Waals surface area contributed by atoms with E-state index in [0.717, 1.165) is 0 Å². The van der Waals surface area contributed by atoms with Crippen molar-refractivity contribution in [2.24, 2.45) is 0 Å². The SMILES string of the molecule is Cc1cc(C(C)N2Cc3c(ccnc3C(=O)O)C2=O)ncc1OCC(F)F. The Bertz CT molecular complexity index is 904. The molecule has 0 aromatic carbocycles. The number of hydrogen-bond acceptors (Lipinski definition) is 5. The lowest BCUT2D eigenvalue weighted by Crippen LogP contribution is -2.28. The molecule has 0 saturated heterocycles. The number of nitrogens with zero attached hydrogens (tertiary/aromatic N) is 3. The molecule has 142 valence electrons. The number of carbonyl (C=O) groups is 2. The van der Waals surface area contributed by atoms with Crippen LogP contribution in [0.1, 0.15) is 50.6 Å². The van der Waals surface area contributed by atoms with E-state index in [9.17, 15) is 23.5 Å². The van der Waals surface area contributed by atoms with Gasteiger partial charge in [0.2, 0.25) is 0 Å². The number of hydrogen-bond donors (Lipinski definition) is 1. The predicted octanol–water partition coefficient (Wildman–Crippen LogP) is 2.84. The number of amides is 1. The Kier molecular flexibility index (Phi) is 5.02. The van der Waals surface area contributed by atoms with Gasteiger partial charge in [-0.25, -0.2) is 18.6 Å². The molecule has 0 saturated carbocycles. The third kappa shape index (κ3) is 3.57. The van der Waals surface area contributed by atoms with Crippen LogP contribution in [0.5, 0.6) is 5.75 Å². The maximum atomic E-state index is 12.7. The number of carboxylic acid groups (broad SMARTS) is 1. The number of ether oxygens (including phenoxy) is 1. The summed E-state index contributed by atoms with van der Waals surface area (Å²) in [6.45, 7) is 2.85. The van der Waals surface area contributed by atoms with Gasteiger partial charge in [0.25, 0.3) is 12.3 Å². The zero-order valence-corrected chi connectivity index (χ0v) is 14.6. The second-order valence-corrected chi connectivity index (χ2v) is 6.18. The normalized spacial score (nSPS) is 14.4. The van der Waals surface area contributed by atoms with E-state index in [1.54, 1.807) is 19.9 Å². The smallest absolute Gasteiger partial charge is 0.354 e. The number of aryl methyl sites for hydroxylation is 1. The Hall–Kier alpha value is -3.10. The monoisotopic (exact) mass is 377 g/mol. The van der Waals surface area contributed by atoms with E-state index in [1.807, 2.05) is 0 Å². The summed E-state index contributed by atoms with van der Waals surface area (Å²) in [6.07, 6.45) is 0.0636. The van der Waals surface area contributed by atoms with Gasteiger partial charge in [-0.1, -0.05) is 0 Å². The fourth-order valence-electron chi connectivity index (χ4n) is 3.00. The molecule has 2 aromatic rings. The fourth-order valence-corrected chi connectivity index (χ4v) is 3.00. The molecule has 0 radical (unpaired) electrons. The minimum atomic E-state index is -2.58.